The molecule has 0 fully saturated rings. The largest absolute Gasteiger partial charge is 0.206 e. The first kappa shape index (κ1) is 6.05. The predicted octanol–water partition coefficient (Wildman–Crippen LogP) is 2.85. The molecule has 0 radical (unpaired) electrons. The summed E-state index contributed by atoms with van der Waals surface area (Å²) in [5.74, 6) is -0.208. The molecular formula is C5H4ClFS. The van der Waals surface area contributed by atoms with Gasteiger partial charge in [0.15, 0.2) is 0 Å². The van der Waals surface area contributed by atoms with Gasteiger partial charge in [0, 0.05) is 10.9 Å². The first-order valence-corrected chi connectivity index (χ1v) is 3.31. The summed E-state index contributed by atoms with van der Waals surface area (Å²) in [7, 11) is 0. The van der Waals surface area contributed by atoms with E-state index in [1.165, 1.54) is 17.4 Å². The third-order valence-electron chi connectivity index (χ3n) is 0.827. The molecule has 0 unspecified atom stereocenters. The highest BCUT2D eigenvalue weighted by molar-refractivity contribution is 7.16. The van der Waals surface area contributed by atoms with Crippen LogP contribution in [0.4, 0.5) is 4.39 Å². The fraction of sp³-hybridized carbons (Fsp3) is 0.200. The average Bonchev–Trinajstić information content (AvgIpc) is 1.85. The highest BCUT2D eigenvalue weighted by Crippen LogP contribution is 2.23. The van der Waals surface area contributed by atoms with E-state index in [0.717, 1.165) is 0 Å². The summed E-state index contributed by atoms with van der Waals surface area (Å²) in [5, 5.41) is 0. The van der Waals surface area contributed by atoms with Gasteiger partial charge in [-0.2, -0.15) is 0 Å². The number of rotatable bonds is 0. The Hall–Kier alpha value is -0.0800. The lowest BCUT2D eigenvalue weighted by Crippen LogP contribution is -1.63. The zero-order valence-corrected chi connectivity index (χ0v) is 5.81. The maximum Gasteiger partial charge on any atom is 0.138 e. The maximum absolute atomic E-state index is 12.3. The van der Waals surface area contributed by atoms with E-state index in [1.807, 2.05) is 0 Å². The van der Waals surface area contributed by atoms with Crippen LogP contribution in [0.2, 0.25) is 4.34 Å². The molecule has 0 aromatic carbocycles. The molecule has 0 N–H and O–H groups in total. The van der Waals surface area contributed by atoms with Crippen LogP contribution in [0.25, 0.3) is 0 Å². The lowest BCUT2D eigenvalue weighted by molar-refractivity contribution is 0.626. The molecule has 0 saturated heterocycles. The van der Waals surface area contributed by atoms with Gasteiger partial charge in [-0.25, -0.2) is 4.39 Å². The number of hydrogen-bond acceptors (Lipinski definition) is 1. The zero-order valence-electron chi connectivity index (χ0n) is 4.24. The van der Waals surface area contributed by atoms with Crippen molar-refractivity contribution in [2.45, 2.75) is 6.92 Å². The van der Waals surface area contributed by atoms with Crippen LogP contribution in [0, 0.1) is 12.7 Å². The van der Waals surface area contributed by atoms with Crippen molar-refractivity contribution >= 4 is 22.9 Å². The predicted molar refractivity (Wildman–Crippen MR) is 34.0 cm³/mol. The maximum atomic E-state index is 12.3. The van der Waals surface area contributed by atoms with Crippen molar-refractivity contribution in [3.05, 3.63) is 21.1 Å². The summed E-state index contributed by atoms with van der Waals surface area (Å²) in [6.45, 7) is 1.70. The fourth-order valence-electron chi connectivity index (χ4n) is 0.426. The summed E-state index contributed by atoms with van der Waals surface area (Å²) in [6, 6.07) is 1.32. The first-order chi connectivity index (χ1) is 3.70. The number of thiophene rings is 1. The second kappa shape index (κ2) is 2.03. The second-order valence-corrected chi connectivity index (χ2v) is 3.34. The van der Waals surface area contributed by atoms with Crippen molar-refractivity contribution in [1.29, 1.82) is 0 Å². The molecule has 0 saturated carbocycles. The van der Waals surface area contributed by atoms with E-state index < -0.39 is 0 Å². The average molecular weight is 151 g/mol. The zero-order chi connectivity index (χ0) is 6.15. The Morgan fingerprint density at radius 3 is 2.50 bits per heavy atom. The molecule has 0 aliphatic carbocycles. The normalized spacial score (nSPS) is 9.88. The Morgan fingerprint density at radius 2 is 2.38 bits per heavy atom. The van der Waals surface area contributed by atoms with Crippen LogP contribution in [0.3, 0.4) is 0 Å². The summed E-state index contributed by atoms with van der Waals surface area (Å²) < 4.78 is 12.8. The molecule has 3 heteroatoms. The van der Waals surface area contributed by atoms with Gasteiger partial charge in [0.25, 0.3) is 0 Å². The van der Waals surface area contributed by atoms with Crippen LogP contribution >= 0.6 is 22.9 Å². The Labute approximate surface area is 55.9 Å². The van der Waals surface area contributed by atoms with Gasteiger partial charge in [-0.05, 0) is 6.92 Å². The summed E-state index contributed by atoms with van der Waals surface area (Å²) in [5.41, 5.74) is 0. The van der Waals surface area contributed by atoms with Gasteiger partial charge in [0.1, 0.15) is 5.82 Å². The van der Waals surface area contributed by atoms with Gasteiger partial charge in [0.05, 0.1) is 4.34 Å². The SMILES string of the molecule is Cc1sc(Cl)cc1F. The molecule has 1 aromatic rings. The van der Waals surface area contributed by atoms with E-state index in [9.17, 15) is 4.39 Å². The third kappa shape index (κ3) is 1.01. The fourth-order valence-corrected chi connectivity index (χ4v) is 1.48. The Kier molecular flexibility index (Phi) is 1.54. The molecule has 1 aromatic heterocycles. The minimum atomic E-state index is -0.208. The van der Waals surface area contributed by atoms with Crippen molar-refractivity contribution in [1.82, 2.24) is 0 Å². The van der Waals surface area contributed by atoms with E-state index in [1.54, 1.807) is 6.92 Å². The molecule has 0 amide bonds. The van der Waals surface area contributed by atoms with Gasteiger partial charge in [-0.1, -0.05) is 11.6 Å². The van der Waals surface area contributed by atoms with Gasteiger partial charge in [-0.15, -0.1) is 11.3 Å². The minimum Gasteiger partial charge on any atom is -0.206 e. The Morgan fingerprint density at radius 1 is 1.75 bits per heavy atom. The number of aryl methyl sites for hydroxylation is 1. The molecule has 8 heavy (non-hydrogen) atoms. The number of halogens is 2. The standard InChI is InChI=1S/C5H4ClFS/c1-3-4(7)2-5(6)8-3/h2H,1H3. The Bertz CT molecular complexity index is 175. The van der Waals surface area contributed by atoms with Gasteiger partial charge >= 0.3 is 0 Å². The molecule has 0 spiro atoms. The first-order valence-electron chi connectivity index (χ1n) is 2.11. The van der Waals surface area contributed by atoms with Crippen molar-refractivity contribution in [2.24, 2.45) is 0 Å². The lowest BCUT2D eigenvalue weighted by atomic mass is 10.5. The van der Waals surface area contributed by atoms with Crippen molar-refractivity contribution < 1.29 is 4.39 Å². The monoisotopic (exact) mass is 150 g/mol. The van der Waals surface area contributed by atoms with Crippen LogP contribution in [-0.2, 0) is 0 Å². The van der Waals surface area contributed by atoms with E-state index in [0.29, 0.717) is 9.21 Å². The molecule has 1 heterocycles. The van der Waals surface area contributed by atoms with Crippen molar-refractivity contribution in [2.75, 3.05) is 0 Å². The van der Waals surface area contributed by atoms with E-state index >= 15 is 0 Å². The highest BCUT2D eigenvalue weighted by Gasteiger charge is 1.99. The van der Waals surface area contributed by atoms with E-state index in [-0.39, 0.29) is 5.82 Å². The van der Waals surface area contributed by atoms with E-state index in [4.69, 9.17) is 11.6 Å². The van der Waals surface area contributed by atoms with E-state index in [2.05, 4.69) is 0 Å². The molecule has 0 aliphatic rings. The minimum absolute atomic E-state index is 0.208. The highest BCUT2D eigenvalue weighted by atomic mass is 35.5. The lowest BCUT2D eigenvalue weighted by Gasteiger charge is -1.74. The number of hydrogen-bond donors (Lipinski definition) is 0. The molecule has 0 aliphatic heterocycles. The molecule has 1 rings (SSSR count). The van der Waals surface area contributed by atoms with Crippen LogP contribution in [-0.4, -0.2) is 0 Å². The van der Waals surface area contributed by atoms with Gasteiger partial charge < -0.3 is 0 Å². The molecule has 0 atom stereocenters. The quantitative estimate of drug-likeness (QED) is 0.534. The molecular weight excluding hydrogens is 147 g/mol. The van der Waals surface area contributed by atoms with Gasteiger partial charge in [0.2, 0.25) is 0 Å². The van der Waals surface area contributed by atoms with Crippen molar-refractivity contribution in [3.63, 3.8) is 0 Å². The topological polar surface area (TPSA) is 0 Å². The summed E-state index contributed by atoms with van der Waals surface area (Å²) >= 11 is 6.70. The second-order valence-electron chi connectivity index (χ2n) is 1.45. The summed E-state index contributed by atoms with van der Waals surface area (Å²) in [4.78, 5) is 0.648. The van der Waals surface area contributed by atoms with Crippen LogP contribution < -0.4 is 0 Å². The molecule has 0 bridgehead atoms. The van der Waals surface area contributed by atoms with Crippen molar-refractivity contribution in [3.8, 4) is 0 Å². The van der Waals surface area contributed by atoms with Crippen LogP contribution in [0.5, 0.6) is 0 Å². The van der Waals surface area contributed by atoms with Gasteiger partial charge in [-0.3, -0.25) is 0 Å². The van der Waals surface area contributed by atoms with Crippen LogP contribution in [0.15, 0.2) is 6.07 Å². The molecule has 44 valence electrons. The summed E-state index contributed by atoms with van der Waals surface area (Å²) in [6.07, 6.45) is 0. The Balaban J connectivity index is 3.14. The smallest absolute Gasteiger partial charge is 0.138 e. The molecule has 0 nitrogen and oxygen atoms in total. The third-order valence-corrected chi connectivity index (χ3v) is 1.98. The van der Waals surface area contributed by atoms with Crippen LogP contribution in [0.1, 0.15) is 4.88 Å².